The van der Waals surface area contributed by atoms with Crippen LogP contribution in [0.2, 0.25) is 0 Å². The highest BCUT2D eigenvalue weighted by molar-refractivity contribution is 6.35. The first-order chi connectivity index (χ1) is 16.0. The van der Waals surface area contributed by atoms with E-state index in [0.717, 1.165) is 18.4 Å². The van der Waals surface area contributed by atoms with Crippen LogP contribution in [-0.4, -0.2) is 49.8 Å². The van der Waals surface area contributed by atoms with E-state index in [1.807, 2.05) is 37.3 Å². The van der Waals surface area contributed by atoms with Crippen molar-refractivity contribution in [2.75, 3.05) is 19.8 Å². The second kappa shape index (κ2) is 12.4. The molecule has 9 nitrogen and oxygen atoms in total. The number of ether oxygens (including phenoxy) is 2. The largest absolute Gasteiger partial charge is 0.484 e. The van der Waals surface area contributed by atoms with Gasteiger partial charge in [0.2, 0.25) is 0 Å². The summed E-state index contributed by atoms with van der Waals surface area (Å²) in [4.78, 5) is 35.6. The van der Waals surface area contributed by atoms with Gasteiger partial charge < -0.3 is 20.1 Å². The topological polar surface area (TPSA) is 118 Å². The van der Waals surface area contributed by atoms with Crippen molar-refractivity contribution in [1.82, 2.24) is 16.1 Å². The lowest BCUT2D eigenvalue weighted by Crippen LogP contribution is -2.41. The second-order valence-electron chi connectivity index (χ2n) is 7.60. The molecule has 9 heteroatoms. The minimum Gasteiger partial charge on any atom is -0.484 e. The lowest BCUT2D eigenvalue weighted by Gasteiger charge is -2.14. The second-order valence-corrected chi connectivity index (χ2v) is 7.60. The number of benzene rings is 2. The predicted molar refractivity (Wildman–Crippen MR) is 123 cm³/mol. The number of hydrogen-bond donors (Lipinski definition) is 3. The summed E-state index contributed by atoms with van der Waals surface area (Å²) < 4.78 is 10.9. The summed E-state index contributed by atoms with van der Waals surface area (Å²) in [6.07, 6.45) is 3.20. The van der Waals surface area contributed by atoms with Crippen molar-refractivity contribution in [3.8, 4) is 5.75 Å². The Morgan fingerprint density at radius 2 is 1.88 bits per heavy atom. The van der Waals surface area contributed by atoms with E-state index in [9.17, 15) is 14.4 Å². The van der Waals surface area contributed by atoms with E-state index in [-0.39, 0.29) is 24.7 Å². The standard InChI is InChI=1S/C24H28N4O5/c1-17(19-6-3-2-4-7-19)27-22(29)16-33-20-11-9-18(10-12-20)14-26-28-24(31)23(30)25-15-21-8-5-13-32-21/h2-4,6-7,9-12,14,17,21H,5,8,13,15-16H2,1H3,(H,25,30)(H,27,29)(H,28,31)/b26-14-/t17-,21-/m0/s1. The van der Waals surface area contributed by atoms with Gasteiger partial charge in [0.25, 0.3) is 5.91 Å². The minimum absolute atomic E-state index is 0.0377. The highest BCUT2D eigenvalue weighted by atomic mass is 16.5. The molecule has 0 spiro atoms. The van der Waals surface area contributed by atoms with Crippen molar-refractivity contribution in [1.29, 1.82) is 0 Å². The lowest BCUT2D eigenvalue weighted by atomic mass is 10.1. The van der Waals surface area contributed by atoms with Crippen molar-refractivity contribution >= 4 is 23.9 Å². The van der Waals surface area contributed by atoms with Crippen LogP contribution < -0.4 is 20.8 Å². The van der Waals surface area contributed by atoms with Crippen LogP contribution in [0.4, 0.5) is 0 Å². The zero-order chi connectivity index (χ0) is 23.5. The van der Waals surface area contributed by atoms with Gasteiger partial charge in [-0.2, -0.15) is 5.10 Å². The molecule has 2 aromatic carbocycles. The molecule has 1 saturated heterocycles. The fraction of sp³-hybridized carbons (Fsp3) is 0.333. The van der Waals surface area contributed by atoms with Gasteiger partial charge in [-0.3, -0.25) is 14.4 Å². The van der Waals surface area contributed by atoms with E-state index in [4.69, 9.17) is 9.47 Å². The Bertz CT molecular complexity index is 957. The van der Waals surface area contributed by atoms with E-state index >= 15 is 0 Å². The first kappa shape index (κ1) is 23.9. The van der Waals surface area contributed by atoms with E-state index in [0.29, 0.717) is 24.5 Å². The molecule has 3 rings (SSSR count). The summed E-state index contributed by atoms with van der Waals surface area (Å²) in [7, 11) is 0. The zero-order valence-corrected chi connectivity index (χ0v) is 18.5. The maximum atomic E-state index is 12.1. The number of amides is 3. The van der Waals surface area contributed by atoms with Crippen molar-refractivity contribution in [3.05, 3.63) is 65.7 Å². The minimum atomic E-state index is -0.847. The van der Waals surface area contributed by atoms with Crippen LogP contribution >= 0.6 is 0 Å². The SMILES string of the molecule is C[C@H](NC(=O)COc1ccc(/C=N\NC(=O)C(=O)NC[C@@H]2CCCO2)cc1)c1ccccc1. The highest BCUT2D eigenvalue weighted by Gasteiger charge is 2.19. The fourth-order valence-electron chi connectivity index (χ4n) is 3.22. The van der Waals surface area contributed by atoms with Crippen molar-refractivity contribution < 1.29 is 23.9 Å². The van der Waals surface area contributed by atoms with Crippen LogP contribution in [-0.2, 0) is 19.1 Å². The molecule has 174 valence electrons. The van der Waals surface area contributed by atoms with Crippen LogP contribution in [0.25, 0.3) is 0 Å². The summed E-state index contributed by atoms with van der Waals surface area (Å²) in [5.41, 5.74) is 3.89. The number of carbonyl (C=O) groups is 3. The molecule has 1 aliphatic rings. The Morgan fingerprint density at radius 1 is 1.12 bits per heavy atom. The third-order valence-electron chi connectivity index (χ3n) is 5.03. The summed E-state index contributed by atoms with van der Waals surface area (Å²) in [5, 5.41) is 9.20. The van der Waals surface area contributed by atoms with Crippen LogP contribution in [0.15, 0.2) is 59.7 Å². The smallest absolute Gasteiger partial charge is 0.329 e. The lowest BCUT2D eigenvalue weighted by molar-refractivity contribution is -0.139. The van der Waals surface area contributed by atoms with Gasteiger partial charge in [-0.15, -0.1) is 0 Å². The van der Waals surface area contributed by atoms with Gasteiger partial charge in [-0.05, 0) is 55.2 Å². The van der Waals surface area contributed by atoms with Crippen molar-refractivity contribution in [3.63, 3.8) is 0 Å². The summed E-state index contributed by atoms with van der Waals surface area (Å²) in [6.45, 7) is 2.79. The van der Waals surface area contributed by atoms with Crippen LogP contribution in [0.1, 0.15) is 36.9 Å². The summed E-state index contributed by atoms with van der Waals surface area (Å²) >= 11 is 0. The Morgan fingerprint density at radius 3 is 2.58 bits per heavy atom. The van der Waals surface area contributed by atoms with Gasteiger partial charge in [0.15, 0.2) is 6.61 Å². The first-order valence-electron chi connectivity index (χ1n) is 10.8. The van der Waals surface area contributed by atoms with E-state index < -0.39 is 11.8 Å². The number of nitrogens with one attached hydrogen (secondary N) is 3. The monoisotopic (exact) mass is 452 g/mol. The van der Waals surface area contributed by atoms with Gasteiger partial charge >= 0.3 is 11.8 Å². The van der Waals surface area contributed by atoms with Gasteiger partial charge in [0, 0.05) is 13.2 Å². The van der Waals surface area contributed by atoms with Crippen molar-refractivity contribution in [2.45, 2.75) is 31.9 Å². The predicted octanol–water partition coefficient (Wildman–Crippen LogP) is 1.69. The zero-order valence-electron chi connectivity index (χ0n) is 18.5. The van der Waals surface area contributed by atoms with Crippen LogP contribution in [0.5, 0.6) is 5.75 Å². The van der Waals surface area contributed by atoms with Gasteiger partial charge in [0.05, 0.1) is 18.4 Å². The Hall–Kier alpha value is -3.72. The van der Waals surface area contributed by atoms with E-state index in [1.54, 1.807) is 24.3 Å². The Kier molecular flexibility index (Phi) is 8.96. The van der Waals surface area contributed by atoms with Crippen molar-refractivity contribution in [2.24, 2.45) is 5.10 Å². The molecule has 2 atom stereocenters. The molecule has 1 aliphatic heterocycles. The van der Waals surface area contributed by atoms with Gasteiger partial charge in [-0.1, -0.05) is 30.3 Å². The van der Waals surface area contributed by atoms with Gasteiger partial charge in [0.1, 0.15) is 5.75 Å². The Labute approximate surface area is 192 Å². The molecule has 0 unspecified atom stereocenters. The normalized spacial score (nSPS) is 16.2. The molecule has 3 amide bonds. The quantitative estimate of drug-likeness (QED) is 0.304. The van der Waals surface area contributed by atoms with E-state index in [2.05, 4.69) is 21.2 Å². The van der Waals surface area contributed by atoms with Crippen LogP contribution in [0.3, 0.4) is 0 Å². The number of hydrogen-bond acceptors (Lipinski definition) is 6. The molecule has 0 aliphatic carbocycles. The molecule has 3 N–H and O–H groups in total. The highest BCUT2D eigenvalue weighted by Crippen LogP contribution is 2.13. The molecule has 1 fully saturated rings. The number of carbonyl (C=O) groups excluding carboxylic acids is 3. The average molecular weight is 453 g/mol. The van der Waals surface area contributed by atoms with E-state index in [1.165, 1.54) is 6.21 Å². The molecule has 33 heavy (non-hydrogen) atoms. The van der Waals surface area contributed by atoms with Gasteiger partial charge in [-0.25, -0.2) is 5.43 Å². The number of rotatable bonds is 9. The summed E-state index contributed by atoms with van der Waals surface area (Å²) in [5.74, 6) is -1.31. The molecule has 0 bridgehead atoms. The number of hydrazone groups is 1. The Balaban J connectivity index is 1.36. The molecule has 0 radical (unpaired) electrons. The maximum Gasteiger partial charge on any atom is 0.329 e. The third-order valence-corrected chi connectivity index (χ3v) is 5.03. The molecular formula is C24H28N4O5. The third kappa shape index (κ3) is 8.04. The summed E-state index contributed by atoms with van der Waals surface area (Å²) in [6, 6.07) is 16.4. The molecule has 1 heterocycles. The fourth-order valence-corrected chi connectivity index (χ4v) is 3.22. The molecular weight excluding hydrogens is 424 g/mol. The van der Waals surface area contributed by atoms with Crippen LogP contribution in [0, 0.1) is 0 Å². The molecule has 0 aromatic heterocycles. The molecule has 2 aromatic rings. The first-order valence-corrected chi connectivity index (χ1v) is 10.8. The molecule has 0 saturated carbocycles. The average Bonchev–Trinajstić information content (AvgIpc) is 3.36. The maximum absolute atomic E-state index is 12.1. The number of nitrogens with zero attached hydrogens (tertiary/aromatic N) is 1.